The quantitative estimate of drug-likeness (QED) is 0.851. The van der Waals surface area contributed by atoms with Crippen LogP contribution in [0.1, 0.15) is 11.1 Å². The van der Waals surface area contributed by atoms with Crippen molar-refractivity contribution in [3.8, 4) is 0 Å². The van der Waals surface area contributed by atoms with E-state index in [2.05, 4.69) is 58.4 Å². The monoisotopic (exact) mass is 329 g/mol. The Morgan fingerprint density at radius 1 is 0.800 bits per heavy atom. The molecule has 0 saturated heterocycles. The summed E-state index contributed by atoms with van der Waals surface area (Å²) in [5.74, 6) is 0. The summed E-state index contributed by atoms with van der Waals surface area (Å²) < 4.78 is 0. The second kappa shape index (κ2) is 7.22. The van der Waals surface area contributed by atoms with Crippen LogP contribution >= 0.6 is 0 Å². The van der Waals surface area contributed by atoms with E-state index in [-0.39, 0.29) is 0 Å². The van der Waals surface area contributed by atoms with Crippen molar-refractivity contribution in [2.75, 3.05) is 31.8 Å². The average Bonchev–Trinajstić information content (AvgIpc) is 2.64. The van der Waals surface area contributed by atoms with Crippen LogP contribution in [0.2, 0.25) is 0 Å². The van der Waals surface area contributed by atoms with Gasteiger partial charge in [-0.05, 0) is 58.7 Å². The van der Waals surface area contributed by atoms with Gasteiger partial charge in [-0.15, -0.1) is 0 Å². The van der Waals surface area contributed by atoms with E-state index in [0.29, 0.717) is 0 Å². The van der Waals surface area contributed by atoms with E-state index < -0.39 is 0 Å². The van der Waals surface area contributed by atoms with Crippen LogP contribution in [0, 0.1) is 0 Å². The maximum Gasteiger partial charge on any atom is 0.0571 e. The lowest BCUT2D eigenvalue weighted by molar-refractivity contribution is 1.13. The zero-order valence-electron chi connectivity index (χ0n) is 14.9. The van der Waals surface area contributed by atoms with Crippen LogP contribution < -0.4 is 10.6 Å². The molecular weight excluding hydrogens is 306 g/mol. The molecule has 1 aliphatic carbocycles. The highest BCUT2D eigenvalue weighted by atomic mass is 15.1. The molecule has 2 aromatic carbocycles. The van der Waals surface area contributed by atoms with Gasteiger partial charge in [0.1, 0.15) is 0 Å². The van der Waals surface area contributed by atoms with Crippen molar-refractivity contribution in [1.82, 2.24) is 0 Å². The van der Waals surface area contributed by atoms with Crippen molar-refractivity contribution in [3.63, 3.8) is 0 Å². The second-order valence-corrected chi connectivity index (χ2v) is 6.21. The third-order valence-corrected chi connectivity index (χ3v) is 4.29. The molecule has 0 atom stereocenters. The standard InChI is InChI=1S/C22H23N3/c1-24-20-12-6-17(7-13-20)22(16-4-10-19(23)11-5-16)18-8-14-21(15-9-18)25(2)3/h4-15H,23H2,1-3H3. The van der Waals surface area contributed by atoms with E-state index in [1.54, 1.807) is 7.05 Å². The van der Waals surface area contributed by atoms with E-state index in [9.17, 15) is 0 Å². The molecule has 2 N–H and O–H groups in total. The van der Waals surface area contributed by atoms with Gasteiger partial charge in [0.25, 0.3) is 0 Å². The van der Waals surface area contributed by atoms with Crippen LogP contribution in [-0.2, 0) is 0 Å². The van der Waals surface area contributed by atoms with Gasteiger partial charge in [-0.1, -0.05) is 36.4 Å². The fraction of sp³-hybridized carbons (Fsp3) is 0.136. The number of allylic oxidation sites excluding steroid dienone is 5. The first-order valence-electron chi connectivity index (χ1n) is 8.29. The summed E-state index contributed by atoms with van der Waals surface area (Å²) in [7, 11) is 5.90. The van der Waals surface area contributed by atoms with Crippen molar-refractivity contribution in [3.05, 3.63) is 89.5 Å². The van der Waals surface area contributed by atoms with Crippen molar-refractivity contribution < 1.29 is 0 Å². The number of nitrogens with two attached hydrogens (primary N) is 1. The molecule has 1 aliphatic rings. The maximum absolute atomic E-state index is 5.87. The Morgan fingerprint density at radius 3 is 1.80 bits per heavy atom. The van der Waals surface area contributed by atoms with E-state index in [4.69, 9.17) is 5.73 Å². The number of hydrogen-bond acceptors (Lipinski definition) is 3. The second-order valence-electron chi connectivity index (χ2n) is 6.21. The summed E-state index contributed by atoms with van der Waals surface area (Å²) in [5, 5.41) is 0. The van der Waals surface area contributed by atoms with Crippen LogP contribution in [0.3, 0.4) is 0 Å². The molecule has 3 heteroatoms. The number of anilines is 2. The van der Waals surface area contributed by atoms with Gasteiger partial charge in [-0.3, -0.25) is 4.99 Å². The van der Waals surface area contributed by atoms with E-state index in [0.717, 1.165) is 22.5 Å². The molecule has 0 aromatic heterocycles. The Kier molecular flexibility index (Phi) is 4.85. The smallest absolute Gasteiger partial charge is 0.0571 e. The van der Waals surface area contributed by atoms with Gasteiger partial charge in [0.2, 0.25) is 0 Å². The Hall–Kier alpha value is -3.07. The molecule has 126 valence electrons. The number of nitrogen functional groups attached to an aromatic ring is 1. The number of rotatable bonds is 3. The third kappa shape index (κ3) is 3.72. The Balaban J connectivity index is 2.13. The molecule has 0 heterocycles. The normalized spacial score (nSPS) is 13.1. The first-order chi connectivity index (χ1) is 12.1. The highest BCUT2D eigenvalue weighted by Gasteiger charge is 2.11. The average molecular weight is 329 g/mol. The largest absolute Gasteiger partial charge is 0.399 e. The molecule has 0 saturated carbocycles. The van der Waals surface area contributed by atoms with Gasteiger partial charge < -0.3 is 10.6 Å². The van der Waals surface area contributed by atoms with Crippen LogP contribution in [-0.4, -0.2) is 26.9 Å². The number of aliphatic imine (C=N–C) groups is 1. The van der Waals surface area contributed by atoms with Crippen LogP contribution in [0.25, 0.3) is 5.57 Å². The molecule has 0 amide bonds. The van der Waals surface area contributed by atoms with Gasteiger partial charge in [0, 0.05) is 32.5 Å². The van der Waals surface area contributed by atoms with Gasteiger partial charge in [-0.2, -0.15) is 0 Å². The fourth-order valence-electron chi connectivity index (χ4n) is 2.85. The first kappa shape index (κ1) is 16.8. The van der Waals surface area contributed by atoms with Gasteiger partial charge in [0.05, 0.1) is 5.71 Å². The van der Waals surface area contributed by atoms with Crippen molar-refractivity contribution in [1.29, 1.82) is 0 Å². The van der Waals surface area contributed by atoms with Gasteiger partial charge in [-0.25, -0.2) is 0 Å². The van der Waals surface area contributed by atoms with Crippen molar-refractivity contribution in [2.45, 2.75) is 0 Å². The SMILES string of the molecule is CN=C1C=CC(=C(c2ccc(N)cc2)c2ccc(N(C)C)cc2)C=C1. The molecule has 0 aliphatic heterocycles. The fourth-order valence-corrected chi connectivity index (χ4v) is 2.85. The Labute approximate surface area is 149 Å². The summed E-state index contributed by atoms with van der Waals surface area (Å²) >= 11 is 0. The summed E-state index contributed by atoms with van der Waals surface area (Å²) in [6.07, 6.45) is 8.32. The molecule has 3 nitrogen and oxygen atoms in total. The Morgan fingerprint density at radius 2 is 1.32 bits per heavy atom. The minimum absolute atomic E-state index is 0.770. The lowest BCUT2D eigenvalue weighted by Gasteiger charge is -2.16. The topological polar surface area (TPSA) is 41.6 Å². The molecule has 0 fully saturated rings. The highest BCUT2D eigenvalue weighted by molar-refractivity contribution is 6.07. The van der Waals surface area contributed by atoms with Crippen LogP contribution in [0.15, 0.2) is 83.4 Å². The zero-order chi connectivity index (χ0) is 17.8. The maximum atomic E-state index is 5.87. The van der Waals surface area contributed by atoms with Crippen molar-refractivity contribution in [2.24, 2.45) is 4.99 Å². The molecule has 25 heavy (non-hydrogen) atoms. The predicted octanol–water partition coefficient (Wildman–Crippen LogP) is 4.33. The molecule has 0 spiro atoms. The lowest BCUT2D eigenvalue weighted by Crippen LogP contribution is -2.08. The van der Waals surface area contributed by atoms with E-state index in [1.165, 1.54) is 16.8 Å². The van der Waals surface area contributed by atoms with E-state index >= 15 is 0 Å². The van der Waals surface area contributed by atoms with Gasteiger partial charge >= 0.3 is 0 Å². The van der Waals surface area contributed by atoms with Gasteiger partial charge in [0.15, 0.2) is 0 Å². The highest BCUT2D eigenvalue weighted by Crippen LogP contribution is 2.31. The molecule has 0 radical (unpaired) electrons. The summed E-state index contributed by atoms with van der Waals surface area (Å²) in [6.45, 7) is 0. The summed E-state index contributed by atoms with van der Waals surface area (Å²) in [6, 6.07) is 16.6. The molecule has 3 rings (SSSR count). The van der Waals surface area contributed by atoms with E-state index in [1.807, 2.05) is 38.4 Å². The minimum atomic E-state index is 0.770. The Bertz CT molecular complexity index is 846. The third-order valence-electron chi connectivity index (χ3n) is 4.29. The van der Waals surface area contributed by atoms with Crippen molar-refractivity contribution >= 4 is 22.7 Å². The molecular formula is C22H23N3. The number of hydrogen-bond donors (Lipinski definition) is 1. The number of benzene rings is 2. The van der Waals surface area contributed by atoms with Crippen LogP contribution in [0.5, 0.6) is 0 Å². The molecule has 0 unspecified atom stereocenters. The van der Waals surface area contributed by atoms with Crippen LogP contribution in [0.4, 0.5) is 11.4 Å². The molecule has 2 aromatic rings. The predicted molar refractivity (Wildman–Crippen MR) is 109 cm³/mol. The number of nitrogens with zero attached hydrogens (tertiary/aromatic N) is 2. The molecule has 0 bridgehead atoms. The summed E-state index contributed by atoms with van der Waals surface area (Å²) in [4.78, 5) is 6.33. The zero-order valence-corrected chi connectivity index (χ0v) is 14.9. The summed E-state index contributed by atoms with van der Waals surface area (Å²) in [5.41, 5.74) is 13.5. The first-order valence-corrected chi connectivity index (χ1v) is 8.29. The minimum Gasteiger partial charge on any atom is -0.399 e. The lowest BCUT2D eigenvalue weighted by atomic mass is 9.90.